The molecular weight excluding hydrogens is 492 g/mol. The quantitative estimate of drug-likeness (QED) is 0.420. The number of carbonyl (C=O) groups excluding carboxylic acids is 2. The van der Waals surface area contributed by atoms with Gasteiger partial charge >= 0.3 is 6.09 Å². The maximum absolute atomic E-state index is 15.2. The summed E-state index contributed by atoms with van der Waals surface area (Å²) in [6, 6.07) is 5.59. The van der Waals surface area contributed by atoms with E-state index < -0.39 is 17.7 Å². The number of fused-ring (bicyclic) bond motifs is 2. The van der Waals surface area contributed by atoms with Crippen LogP contribution in [0.25, 0.3) is 16.8 Å². The summed E-state index contributed by atoms with van der Waals surface area (Å²) < 4.78 is 34.8. The molecule has 2 aromatic carbocycles. The maximum Gasteiger partial charge on any atom is 0.411 e. The van der Waals surface area contributed by atoms with Crippen LogP contribution in [0.4, 0.5) is 25.0 Å². The molecular formula is C25H20ClF2N5O3. The number of nitrogen functional groups attached to an aromatic ring is 1. The Balaban J connectivity index is 1.29. The molecule has 3 aliphatic heterocycles. The third-order valence-corrected chi connectivity index (χ3v) is 7.28. The summed E-state index contributed by atoms with van der Waals surface area (Å²) in [7, 11) is 0. The zero-order chi connectivity index (χ0) is 25.1. The number of benzene rings is 2. The minimum absolute atomic E-state index is 0.0502. The van der Waals surface area contributed by atoms with E-state index in [4.69, 9.17) is 22.1 Å². The normalized spacial score (nSPS) is 21.0. The molecule has 0 spiro atoms. The van der Waals surface area contributed by atoms with Gasteiger partial charge in [0.1, 0.15) is 18.2 Å². The fourth-order valence-corrected chi connectivity index (χ4v) is 5.46. The van der Waals surface area contributed by atoms with Gasteiger partial charge in [-0.1, -0.05) is 11.6 Å². The summed E-state index contributed by atoms with van der Waals surface area (Å²) in [5.74, 6) is -0.887. The van der Waals surface area contributed by atoms with Gasteiger partial charge in [-0.2, -0.15) is 0 Å². The van der Waals surface area contributed by atoms with E-state index in [1.807, 2.05) is 0 Å². The number of cyclic esters (lactones) is 1. The first-order valence-electron chi connectivity index (χ1n) is 11.4. The highest BCUT2D eigenvalue weighted by molar-refractivity contribution is 6.31. The molecule has 184 valence electrons. The van der Waals surface area contributed by atoms with Crippen LogP contribution >= 0.6 is 11.6 Å². The Morgan fingerprint density at radius 1 is 1.14 bits per heavy atom. The van der Waals surface area contributed by atoms with Crippen LogP contribution in [0.5, 0.6) is 0 Å². The molecule has 6 rings (SSSR count). The first-order valence-corrected chi connectivity index (χ1v) is 11.8. The van der Waals surface area contributed by atoms with Crippen molar-refractivity contribution in [3.8, 4) is 11.3 Å². The van der Waals surface area contributed by atoms with E-state index in [9.17, 15) is 14.0 Å². The number of nitrogens with one attached hydrogen (secondary N) is 2. The number of anilines is 2. The van der Waals surface area contributed by atoms with Crippen molar-refractivity contribution in [2.24, 2.45) is 0 Å². The molecule has 1 saturated heterocycles. The number of nitrogens with two attached hydrogens (primary N) is 1. The number of hydrogen-bond donors (Lipinski definition) is 3. The lowest BCUT2D eigenvalue weighted by molar-refractivity contribution is -0.129. The molecule has 1 unspecified atom stereocenters. The fourth-order valence-electron chi connectivity index (χ4n) is 5.30. The van der Waals surface area contributed by atoms with E-state index in [2.05, 4.69) is 15.3 Å². The largest absolute Gasteiger partial charge is 0.444 e. The van der Waals surface area contributed by atoms with Crippen LogP contribution in [0.2, 0.25) is 5.02 Å². The number of aromatic amines is 1. The lowest BCUT2D eigenvalue weighted by atomic mass is 9.92. The molecule has 1 fully saturated rings. The van der Waals surface area contributed by atoms with Crippen LogP contribution in [-0.2, 0) is 16.1 Å². The minimum Gasteiger partial charge on any atom is -0.444 e. The van der Waals surface area contributed by atoms with Gasteiger partial charge in [-0.15, -0.1) is 0 Å². The van der Waals surface area contributed by atoms with Crippen molar-refractivity contribution >= 4 is 40.5 Å². The number of nitrogens with zero attached hydrogens (tertiary/aromatic N) is 2. The Morgan fingerprint density at radius 3 is 2.81 bits per heavy atom. The van der Waals surface area contributed by atoms with Crippen molar-refractivity contribution in [2.45, 2.75) is 38.0 Å². The van der Waals surface area contributed by atoms with Crippen molar-refractivity contribution in [2.75, 3.05) is 11.1 Å². The van der Waals surface area contributed by atoms with E-state index in [1.165, 1.54) is 24.4 Å². The van der Waals surface area contributed by atoms with Crippen molar-refractivity contribution in [1.29, 1.82) is 0 Å². The van der Waals surface area contributed by atoms with E-state index in [1.54, 1.807) is 17.0 Å². The molecule has 3 aliphatic rings. The zero-order valence-corrected chi connectivity index (χ0v) is 19.5. The standard InChI is InChI=1S/C25H20ClF2N5O3/c26-15-3-4-16(29)21(23(15)28)11-7-12-1-6-19(33(12)20(34)8-11)24-30-9-18(31-24)13-2-5-17-14(22(13)27)10-36-25(35)32-17/h2-5,8-9,12,19H,1,6-7,10,29H2,(H,30,31)(H,32,35)/t12?,19-/m0/s1. The van der Waals surface area contributed by atoms with Crippen LogP contribution < -0.4 is 11.1 Å². The molecule has 1 aromatic heterocycles. The molecule has 4 N–H and O–H groups in total. The van der Waals surface area contributed by atoms with Gasteiger partial charge in [-0.05, 0) is 49.1 Å². The van der Waals surface area contributed by atoms with Crippen molar-refractivity contribution in [3.63, 3.8) is 0 Å². The number of amides is 2. The SMILES string of the molecule is Nc1ccc(Cl)c(F)c1C1=CC(=O)N2C(CC[C@H]2c2ncc(-c3ccc4c(c3F)COC(=O)N4)[nH]2)C1. The molecule has 4 heterocycles. The molecule has 3 aromatic rings. The molecule has 0 aliphatic carbocycles. The number of imidazole rings is 1. The number of H-pyrrole nitrogens is 1. The number of halogens is 3. The summed E-state index contributed by atoms with van der Waals surface area (Å²) in [4.78, 5) is 33.9. The second-order valence-electron chi connectivity index (χ2n) is 9.03. The first-order chi connectivity index (χ1) is 17.3. The third kappa shape index (κ3) is 3.51. The zero-order valence-electron chi connectivity index (χ0n) is 18.8. The minimum atomic E-state index is -0.633. The van der Waals surface area contributed by atoms with Gasteiger partial charge in [0.25, 0.3) is 0 Å². The summed E-state index contributed by atoms with van der Waals surface area (Å²) in [5.41, 5.74) is 8.26. The first kappa shape index (κ1) is 22.5. The van der Waals surface area contributed by atoms with Crippen molar-refractivity contribution in [3.05, 3.63) is 70.1 Å². The second-order valence-corrected chi connectivity index (χ2v) is 9.44. The lowest BCUT2D eigenvalue weighted by Crippen LogP contribution is -2.39. The maximum atomic E-state index is 15.2. The summed E-state index contributed by atoms with van der Waals surface area (Å²) in [6.45, 7) is -0.166. The Hall–Kier alpha value is -3.92. The highest BCUT2D eigenvalue weighted by Crippen LogP contribution is 2.44. The average molecular weight is 512 g/mol. The van der Waals surface area contributed by atoms with E-state index in [0.717, 1.165) is 0 Å². The predicted octanol–water partition coefficient (Wildman–Crippen LogP) is 5.17. The van der Waals surface area contributed by atoms with Gasteiger partial charge in [0.2, 0.25) is 5.91 Å². The highest BCUT2D eigenvalue weighted by Gasteiger charge is 2.42. The monoisotopic (exact) mass is 511 g/mol. The van der Waals surface area contributed by atoms with Crippen molar-refractivity contribution < 1.29 is 23.1 Å². The van der Waals surface area contributed by atoms with Crippen molar-refractivity contribution in [1.82, 2.24) is 14.9 Å². The average Bonchev–Trinajstić information content (AvgIpc) is 3.49. The number of aromatic nitrogens is 2. The second kappa shape index (κ2) is 8.34. The molecule has 2 amide bonds. The summed E-state index contributed by atoms with van der Waals surface area (Å²) >= 11 is 5.95. The fraction of sp³-hybridized carbons (Fsp3) is 0.240. The summed E-state index contributed by atoms with van der Waals surface area (Å²) in [5, 5.41) is 2.43. The van der Waals surface area contributed by atoms with Crippen LogP contribution in [0.1, 0.15) is 42.3 Å². The number of hydrogen-bond acceptors (Lipinski definition) is 5. The van der Waals surface area contributed by atoms with Gasteiger partial charge < -0.3 is 20.4 Å². The topological polar surface area (TPSA) is 113 Å². The third-order valence-electron chi connectivity index (χ3n) is 6.99. The predicted molar refractivity (Wildman–Crippen MR) is 129 cm³/mol. The van der Waals surface area contributed by atoms with Gasteiger partial charge in [0.05, 0.1) is 28.6 Å². The molecule has 11 heteroatoms. The summed E-state index contributed by atoms with van der Waals surface area (Å²) in [6.07, 6.45) is 4.07. The van der Waals surface area contributed by atoms with E-state index in [0.29, 0.717) is 42.0 Å². The number of rotatable bonds is 3. The number of ether oxygens (including phenoxy) is 1. The Kier molecular flexibility index (Phi) is 5.22. The van der Waals surface area contributed by atoms with Crippen LogP contribution in [-0.4, -0.2) is 32.9 Å². The molecule has 0 radical (unpaired) electrons. The van der Waals surface area contributed by atoms with E-state index >= 15 is 4.39 Å². The van der Waals surface area contributed by atoms with Gasteiger partial charge in [-0.25, -0.2) is 18.6 Å². The Labute approximate surface area is 209 Å². The molecule has 0 saturated carbocycles. The van der Waals surface area contributed by atoms with E-state index in [-0.39, 0.29) is 52.0 Å². The molecule has 2 atom stereocenters. The van der Waals surface area contributed by atoms with Gasteiger partial charge in [0, 0.05) is 34.5 Å². The van der Waals surface area contributed by atoms with Crippen LogP contribution in [0.3, 0.4) is 0 Å². The van der Waals surface area contributed by atoms with Gasteiger partial charge in [0.15, 0.2) is 5.82 Å². The smallest absolute Gasteiger partial charge is 0.411 e. The highest BCUT2D eigenvalue weighted by atomic mass is 35.5. The van der Waals surface area contributed by atoms with Gasteiger partial charge in [-0.3, -0.25) is 10.1 Å². The number of carbonyl (C=O) groups is 2. The Bertz CT molecular complexity index is 1470. The molecule has 0 bridgehead atoms. The van der Waals surface area contributed by atoms with Crippen LogP contribution in [0, 0.1) is 11.6 Å². The Morgan fingerprint density at radius 2 is 1.97 bits per heavy atom. The lowest BCUT2D eigenvalue weighted by Gasteiger charge is -2.33. The molecule has 36 heavy (non-hydrogen) atoms. The molecule has 8 nitrogen and oxygen atoms in total. The van der Waals surface area contributed by atoms with Crippen LogP contribution in [0.15, 0.2) is 36.5 Å².